The Labute approximate surface area is 116 Å². The molecule has 0 aliphatic carbocycles. The molecule has 0 aliphatic rings. The van der Waals surface area contributed by atoms with E-state index in [9.17, 15) is 4.79 Å². The van der Waals surface area contributed by atoms with Crippen LogP contribution in [0.3, 0.4) is 0 Å². The van der Waals surface area contributed by atoms with Crippen LogP contribution in [-0.4, -0.2) is 25.7 Å². The minimum absolute atomic E-state index is 0.252. The summed E-state index contributed by atoms with van der Waals surface area (Å²) in [5.74, 6) is 0.0106. The smallest absolute Gasteiger partial charge is 0.323 e. The molecule has 2 N–H and O–H groups in total. The van der Waals surface area contributed by atoms with Gasteiger partial charge in [0.25, 0.3) is 0 Å². The summed E-state index contributed by atoms with van der Waals surface area (Å²) >= 11 is 11.9. The third-order valence-electron chi connectivity index (χ3n) is 2.32. The second kappa shape index (κ2) is 6.83. The first kappa shape index (κ1) is 15.1. The molecule has 18 heavy (non-hydrogen) atoms. The number of hydrogen-bond acceptors (Lipinski definition) is 4. The van der Waals surface area contributed by atoms with E-state index in [1.54, 1.807) is 19.1 Å². The zero-order valence-corrected chi connectivity index (χ0v) is 11.7. The highest BCUT2D eigenvalue weighted by molar-refractivity contribution is 6.35. The molecule has 0 radical (unpaired) electrons. The van der Waals surface area contributed by atoms with Gasteiger partial charge in [-0.3, -0.25) is 4.79 Å². The average molecular weight is 292 g/mol. The maximum absolute atomic E-state index is 11.5. The lowest BCUT2D eigenvalue weighted by atomic mass is 10.1. The second-order valence-electron chi connectivity index (χ2n) is 3.64. The minimum atomic E-state index is -0.770. The molecule has 1 rings (SSSR count). The topological polar surface area (TPSA) is 61.5 Å². The minimum Gasteiger partial charge on any atom is -0.495 e. The Morgan fingerprint density at radius 1 is 1.44 bits per heavy atom. The fraction of sp³-hybridized carbons (Fsp3) is 0.417. The fourth-order valence-electron chi connectivity index (χ4n) is 1.56. The highest BCUT2D eigenvalue weighted by Gasteiger charge is 2.19. The van der Waals surface area contributed by atoms with Gasteiger partial charge in [-0.05, 0) is 24.6 Å². The van der Waals surface area contributed by atoms with Crippen molar-refractivity contribution in [2.75, 3.05) is 13.7 Å². The number of hydrogen-bond donors (Lipinski definition) is 1. The molecule has 0 saturated heterocycles. The Bertz CT molecular complexity index is 438. The van der Waals surface area contributed by atoms with E-state index >= 15 is 0 Å². The number of halogens is 2. The number of rotatable bonds is 5. The van der Waals surface area contributed by atoms with Crippen LogP contribution in [0.25, 0.3) is 0 Å². The third kappa shape index (κ3) is 3.77. The predicted molar refractivity (Wildman–Crippen MR) is 71.3 cm³/mol. The van der Waals surface area contributed by atoms with Crippen molar-refractivity contribution in [1.82, 2.24) is 0 Å². The first-order chi connectivity index (χ1) is 8.49. The van der Waals surface area contributed by atoms with Crippen LogP contribution >= 0.6 is 23.2 Å². The summed E-state index contributed by atoms with van der Waals surface area (Å²) in [6.07, 6.45) is 0.252. The quantitative estimate of drug-likeness (QED) is 0.847. The Balaban J connectivity index is 2.93. The molecule has 1 unspecified atom stereocenters. The van der Waals surface area contributed by atoms with Gasteiger partial charge in [0.2, 0.25) is 0 Å². The average Bonchev–Trinajstić information content (AvgIpc) is 2.28. The summed E-state index contributed by atoms with van der Waals surface area (Å²) in [5, 5.41) is 0.850. The first-order valence-electron chi connectivity index (χ1n) is 5.43. The lowest BCUT2D eigenvalue weighted by Crippen LogP contribution is -2.34. The predicted octanol–water partition coefficient (Wildman–Crippen LogP) is 2.43. The van der Waals surface area contributed by atoms with Crippen molar-refractivity contribution in [3.63, 3.8) is 0 Å². The Morgan fingerprint density at radius 2 is 2.11 bits per heavy atom. The van der Waals surface area contributed by atoms with E-state index in [0.717, 1.165) is 0 Å². The molecule has 0 saturated carbocycles. The Kier molecular flexibility index (Phi) is 5.72. The molecule has 0 amide bonds. The van der Waals surface area contributed by atoms with Gasteiger partial charge in [0.15, 0.2) is 0 Å². The molecule has 1 aromatic rings. The molecule has 1 atom stereocenters. The van der Waals surface area contributed by atoms with Crippen molar-refractivity contribution in [3.05, 3.63) is 27.7 Å². The molecule has 1 aromatic carbocycles. The van der Waals surface area contributed by atoms with Gasteiger partial charge in [0.05, 0.1) is 18.7 Å². The Morgan fingerprint density at radius 3 is 2.67 bits per heavy atom. The van der Waals surface area contributed by atoms with Crippen LogP contribution in [0.1, 0.15) is 12.5 Å². The summed E-state index contributed by atoms with van der Waals surface area (Å²) in [6.45, 7) is 2.02. The lowest BCUT2D eigenvalue weighted by molar-refractivity contribution is -0.144. The van der Waals surface area contributed by atoms with Crippen LogP contribution in [-0.2, 0) is 16.0 Å². The maximum atomic E-state index is 11.5. The highest BCUT2D eigenvalue weighted by Crippen LogP contribution is 2.32. The molecule has 100 valence electrons. The summed E-state index contributed by atoms with van der Waals surface area (Å²) in [5.41, 5.74) is 6.42. The number of carbonyl (C=O) groups is 1. The number of carbonyl (C=O) groups excluding carboxylic acids is 1. The molecule has 0 heterocycles. The highest BCUT2D eigenvalue weighted by atomic mass is 35.5. The monoisotopic (exact) mass is 291 g/mol. The van der Waals surface area contributed by atoms with Gasteiger partial charge in [0, 0.05) is 11.4 Å². The van der Waals surface area contributed by atoms with Gasteiger partial charge in [-0.1, -0.05) is 23.2 Å². The fourth-order valence-corrected chi connectivity index (χ4v) is 2.18. The summed E-state index contributed by atoms with van der Waals surface area (Å²) in [6, 6.07) is 2.47. The number of ether oxygens (including phenoxy) is 2. The molecule has 0 bridgehead atoms. The molecular weight excluding hydrogens is 277 g/mol. The van der Waals surface area contributed by atoms with Crippen LogP contribution in [0.5, 0.6) is 5.75 Å². The van der Waals surface area contributed by atoms with Crippen molar-refractivity contribution in [1.29, 1.82) is 0 Å². The zero-order chi connectivity index (χ0) is 13.7. The van der Waals surface area contributed by atoms with E-state index in [0.29, 0.717) is 28.0 Å². The normalized spacial score (nSPS) is 12.1. The number of benzene rings is 1. The number of esters is 1. The van der Waals surface area contributed by atoms with E-state index in [-0.39, 0.29) is 6.42 Å². The Hall–Kier alpha value is -0.970. The van der Waals surface area contributed by atoms with E-state index < -0.39 is 12.0 Å². The van der Waals surface area contributed by atoms with Gasteiger partial charge in [-0.25, -0.2) is 0 Å². The number of methoxy groups -OCH3 is 1. The van der Waals surface area contributed by atoms with Crippen molar-refractivity contribution < 1.29 is 14.3 Å². The van der Waals surface area contributed by atoms with Gasteiger partial charge in [0.1, 0.15) is 11.8 Å². The van der Waals surface area contributed by atoms with Crippen LogP contribution in [0.4, 0.5) is 0 Å². The van der Waals surface area contributed by atoms with Gasteiger partial charge in [-0.2, -0.15) is 0 Å². The molecule has 0 fully saturated rings. The van der Waals surface area contributed by atoms with Crippen LogP contribution in [0.2, 0.25) is 10.0 Å². The molecule has 0 aromatic heterocycles. The summed E-state index contributed by atoms with van der Waals surface area (Å²) in [4.78, 5) is 11.5. The standard InChI is InChI=1S/C12H15Cl2NO3/c1-3-18-12(16)10(15)5-7-4-8(13)6-9(14)11(7)17-2/h4,6,10H,3,5,15H2,1-2H3. The van der Waals surface area contributed by atoms with Crippen LogP contribution < -0.4 is 10.5 Å². The zero-order valence-electron chi connectivity index (χ0n) is 10.2. The number of nitrogens with two attached hydrogens (primary N) is 1. The van der Waals surface area contributed by atoms with Crippen molar-refractivity contribution in [2.45, 2.75) is 19.4 Å². The van der Waals surface area contributed by atoms with Crippen molar-refractivity contribution in [3.8, 4) is 5.75 Å². The largest absolute Gasteiger partial charge is 0.495 e. The molecule has 0 aliphatic heterocycles. The third-order valence-corrected chi connectivity index (χ3v) is 2.82. The SMILES string of the molecule is CCOC(=O)C(N)Cc1cc(Cl)cc(Cl)c1OC. The lowest BCUT2D eigenvalue weighted by Gasteiger charge is -2.14. The van der Waals surface area contributed by atoms with E-state index in [4.69, 9.17) is 38.4 Å². The molecule has 0 spiro atoms. The molecule has 6 heteroatoms. The van der Waals surface area contributed by atoms with Gasteiger partial charge >= 0.3 is 5.97 Å². The van der Waals surface area contributed by atoms with Gasteiger partial charge in [-0.15, -0.1) is 0 Å². The van der Waals surface area contributed by atoms with E-state index in [1.807, 2.05) is 0 Å². The second-order valence-corrected chi connectivity index (χ2v) is 4.49. The van der Waals surface area contributed by atoms with Gasteiger partial charge < -0.3 is 15.2 Å². The molecule has 4 nitrogen and oxygen atoms in total. The summed E-state index contributed by atoms with van der Waals surface area (Å²) < 4.78 is 10.0. The van der Waals surface area contributed by atoms with Crippen molar-refractivity contribution >= 4 is 29.2 Å². The van der Waals surface area contributed by atoms with Crippen LogP contribution in [0.15, 0.2) is 12.1 Å². The van der Waals surface area contributed by atoms with E-state index in [2.05, 4.69) is 0 Å². The maximum Gasteiger partial charge on any atom is 0.323 e. The summed E-state index contributed by atoms with van der Waals surface area (Å²) in [7, 11) is 1.49. The van der Waals surface area contributed by atoms with Crippen LogP contribution in [0, 0.1) is 0 Å². The first-order valence-corrected chi connectivity index (χ1v) is 6.19. The molecular formula is C12H15Cl2NO3. The van der Waals surface area contributed by atoms with Crippen molar-refractivity contribution in [2.24, 2.45) is 5.73 Å². The van der Waals surface area contributed by atoms with E-state index in [1.165, 1.54) is 7.11 Å².